The highest BCUT2D eigenvalue weighted by Crippen LogP contribution is 2.22. The summed E-state index contributed by atoms with van der Waals surface area (Å²) in [5.41, 5.74) is 5.85. The Kier molecular flexibility index (Phi) is 4.34. The quantitative estimate of drug-likeness (QED) is 0.931. The van der Waals surface area contributed by atoms with Crippen molar-refractivity contribution in [1.82, 2.24) is 15.0 Å². The van der Waals surface area contributed by atoms with E-state index in [0.717, 1.165) is 24.4 Å². The summed E-state index contributed by atoms with van der Waals surface area (Å²) in [6.45, 7) is 2.63. The van der Waals surface area contributed by atoms with Gasteiger partial charge in [-0.25, -0.2) is 0 Å². The topological polar surface area (TPSA) is 68.2 Å². The first-order valence-electron chi connectivity index (χ1n) is 5.65. The normalized spacial score (nSPS) is 19.9. The second kappa shape index (κ2) is 5.79. The van der Waals surface area contributed by atoms with Crippen molar-refractivity contribution >= 4 is 23.7 Å². The molecule has 0 radical (unpaired) electrons. The minimum atomic E-state index is 0. The molecule has 2 aromatic rings. The molecule has 3 rings (SSSR count). The fourth-order valence-electron chi connectivity index (χ4n) is 2.02. The molecule has 18 heavy (non-hydrogen) atoms. The van der Waals surface area contributed by atoms with Gasteiger partial charge in [0.15, 0.2) is 0 Å². The molecule has 0 saturated carbocycles. The second-order valence-corrected chi connectivity index (χ2v) is 5.22. The number of hydrogen-bond donors (Lipinski definition) is 1. The minimum Gasteiger partial charge on any atom is -0.338 e. The predicted octanol–water partition coefficient (Wildman–Crippen LogP) is 1.75. The van der Waals surface area contributed by atoms with Gasteiger partial charge in [-0.1, -0.05) is 11.2 Å². The molecule has 3 heterocycles. The molecule has 0 bridgehead atoms. The monoisotopic (exact) mass is 286 g/mol. The molecule has 0 aliphatic carbocycles. The average molecular weight is 287 g/mol. The third-order valence-electron chi connectivity index (χ3n) is 2.88. The number of hydrogen-bond acceptors (Lipinski definition) is 6. The summed E-state index contributed by atoms with van der Waals surface area (Å²) < 4.78 is 5.25. The lowest BCUT2D eigenvalue weighted by molar-refractivity contribution is 0.265. The molecule has 1 atom stereocenters. The van der Waals surface area contributed by atoms with Gasteiger partial charge in [0.25, 0.3) is 0 Å². The van der Waals surface area contributed by atoms with E-state index in [2.05, 4.69) is 15.0 Å². The molecule has 1 fully saturated rings. The summed E-state index contributed by atoms with van der Waals surface area (Å²) >= 11 is 1.61. The van der Waals surface area contributed by atoms with Crippen LogP contribution in [0.25, 0.3) is 10.7 Å². The summed E-state index contributed by atoms with van der Waals surface area (Å²) in [6.07, 6.45) is 1.05. The van der Waals surface area contributed by atoms with Crippen LogP contribution in [0, 0.1) is 0 Å². The number of nitrogens with zero attached hydrogens (tertiary/aromatic N) is 3. The zero-order chi connectivity index (χ0) is 11.7. The number of nitrogens with two attached hydrogens (primary N) is 1. The van der Waals surface area contributed by atoms with E-state index in [9.17, 15) is 0 Å². The van der Waals surface area contributed by atoms with Crippen LogP contribution in [0.2, 0.25) is 0 Å². The standard InChI is InChI=1S/C11H14N4OS.ClH/c12-8-3-4-15(6-8)7-10-13-11(14-16-10)9-2-1-5-17-9;/h1-2,5,8H,3-4,6-7,12H2;1H. The highest BCUT2D eigenvalue weighted by Gasteiger charge is 2.21. The Labute approximate surface area is 115 Å². The highest BCUT2D eigenvalue weighted by molar-refractivity contribution is 7.13. The van der Waals surface area contributed by atoms with Crippen molar-refractivity contribution in [3.63, 3.8) is 0 Å². The van der Waals surface area contributed by atoms with Crippen molar-refractivity contribution < 1.29 is 4.52 Å². The molecule has 1 aliphatic rings. The Bertz CT molecular complexity index is 487. The Hall–Kier alpha value is -0.950. The molecule has 2 aromatic heterocycles. The summed E-state index contributed by atoms with van der Waals surface area (Å²) in [5, 5.41) is 5.99. The Morgan fingerprint density at radius 2 is 2.44 bits per heavy atom. The first kappa shape index (κ1) is 13.5. The third kappa shape index (κ3) is 2.89. The van der Waals surface area contributed by atoms with E-state index in [-0.39, 0.29) is 18.4 Å². The van der Waals surface area contributed by atoms with Crippen LogP contribution >= 0.6 is 23.7 Å². The molecule has 0 spiro atoms. The van der Waals surface area contributed by atoms with Crippen LogP contribution in [-0.2, 0) is 6.54 Å². The molecule has 7 heteroatoms. The van der Waals surface area contributed by atoms with Crippen molar-refractivity contribution in [2.75, 3.05) is 13.1 Å². The Morgan fingerprint density at radius 1 is 1.56 bits per heavy atom. The molecular weight excluding hydrogens is 272 g/mol. The van der Waals surface area contributed by atoms with Crippen molar-refractivity contribution in [3.05, 3.63) is 23.4 Å². The van der Waals surface area contributed by atoms with E-state index in [1.807, 2.05) is 17.5 Å². The SMILES string of the molecule is Cl.NC1CCN(Cc2nc(-c3cccs3)no2)C1. The maximum Gasteiger partial charge on any atom is 0.241 e. The van der Waals surface area contributed by atoms with Crippen LogP contribution < -0.4 is 5.73 Å². The lowest BCUT2D eigenvalue weighted by Crippen LogP contribution is -2.26. The lowest BCUT2D eigenvalue weighted by atomic mass is 10.3. The minimum absolute atomic E-state index is 0. The van der Waals surface area contributed by atoms with Gasteiger partial charge in [-0.05, 0) is 17.9 Å². The van der Waals surface area contributed by atoms with Gasteiger partial charge in [0, 0.05) is 19.1 Å². The zero-order valence-electron chi connectivity index (χ0n) is 9.78. The number of aromatic nitrogens is 2. The summed E-state index contributed by atoms with van der Waals surface area (Å²) in [6, 6.07) is 4.26. The van der Waals surface area contributed by atoms with E-state index in [1.54, 1.807) is 11.3 Å². The van der Waals surface area contributed by atoms with Crippen LogP contribution in [0.3, 0.4) is 0 Å². The van der Waals surface area contributed by atoms with Crippen molar-refractivity contribution in [1.29, 1.82) is 0 Å². The van der Waals surface area contributed by atoms with Gasteiger partial charge < -0.3 is 10.3 Å². The predicted molar refractivity (Wildman–Crippen MR) is 72.7 cm³/mol. The maximum atomic E-state index is 5.85. The molecular formula is C11H15ClN4OS. The molecule has 1 aliphatic heterocycles. The van der Waals surface area contributed by atoms with E-state index in [0.29, 0.717) is 18.3 Å². The van der Waals surface area contributed by atoms with Crippen LogP contribution in [0.4, 0.5) is 0 Å². The van der Waals surface area contributed by atoms with Crippen molar-refractivity contribution in [2.24, 2.45) is 5.73 Å². The number of halogens is 1. The molecule has 1 unspecified atom stereocenters. The van der Waals surface area contributed by atoms with Crippen LogP contribution in [-0.4, -0.2) is 34.2 Å². The largest absolute Gasteiger partial charge is 0.338 e. The molecule has 0 amide bonds. The van der Waals surface area contributed by atoms with Gasteiger partial charge in [0.2, 0.25) is 11.7 Å². The van der Waals surface area contributed by atoms with E-state index < -0.39 is 0 Å². The molecule has 98 valence electrons. The van der Waals surface area contributed by atoms with E-state index in [1.165, 1.54) is 0 Å². The summed E-state index contributed by atoms with van der Waals surface area (Å²) in [7, 11) is 0. The van der Waals surface area contributed by atoms with Crippen molar-refractivity contribution in [3.8, 4) is 10.7 Å². The fraction of sp³-hybridized carbons (Fsp3) is 0.455. The second-order valence-electron chi connectivity index (χ2n) is 4.27. The first-order chi connectivity index (χ1) is 8.31. The van der Waals surface area contributed by atoms with Gasteiger partial charge in [-0.15, -0.1) is 23.7 Å². The summed E-state index contributed by atoms with van der Waals surface area (Å²) in [4.78, 5) is 7.68. The van der Waals surface area contributed by atoms with E-state index >= 15 is 0 Å². The summed E-state index contributed by atoms with van der Waals surface area (Å²) in [5.74, 6) is 1.35. The smallest absolute Gasteiger partial charge is 0.241 e. The fourth-order valence-corrected chi connectivity index (χ4v) is 2.67. The van der Waals surface area contributed by atoms with E-state index in [4.69, 9.17) is 10.3 Å². The van der Waals surface area contributed by atoms with Crippen molar-refractivity contribution in [2.45, 2.75) is 19.0 Å². The first-order valence-corrected chi connectivity index (χ1v) is 6.53. The zero-order valence-corrected chi connectivity index (χ0v) is 11.4. The number of rotatable bonds is 3. The third-order valence-corrected chi connectivity index (χ3v) is 3.74. The molecule has 0 aromatic carbocycles. The molecule has 5 nitrogen and oxygen atoms in total. The van der Waals surface area contributed by atoms with Crippen LogP contribution in [0.5, 0.6) is 0 Å². The molecule has 2 N–H and O–H groups in total. The average Bonchev–Trinajstić information content (AvgIpc) is 3.00. The van der Waals surface area contributed by atoms with Gasteiger partial charge in [-0.3, -0.25) is 4.90 Å². The van der Waals surface area contributed by atoms with Crippen LogP contribution in [0.1, 0.15) is 12.3 Å². The highest BCUT2D eigenvalue weighted by atomic mass is 35.5. The maximum absolute atomic E-state index is 5.85. The van der Waals surface area contributed by atoms with Gasteiger partial charge >= 0.3 is 0 Å². The van der Waals surface area contributed by atoms with Gasteiger partial charge in [0.1, 0.15) is 0 Å². The Morgan fingerprint density at radius 3 is 3.11 bits per heavy atom. The lowest BCUT2D eigenvalue weighted by Gasteiger charge is -2.10. The van der Waals surface area contributed by atoms with Gasteiger partial charge in [0.05, 0.1) is 11.4 Å². The Balaban J connectivity index is 0.00000120. The van der Waals surface area contributed by atoms with Crippen LogP contribution in [0.15, 0.2) is 22.0 Å². The number of thiophene rings is 1. The number of likely N-dealkylation sites (tertiary alicyclic amines) is 1. The molecule has 1 saturated heterocycles. The van der Waals surface area contributed by atoms with Gasteiger partial charge in [-0.2, -0.15) is 4.98 Å².